The van der Waals surface area contributed by atoms with Gasteiger partial charge in [0, 0.05) is 21.2 Å². The Hall–Kier alpha value is -1.92. The quantitative estimate of drug-likeness (QED) is 0.862. The second-order valence-corrected chi connectivity index (χ2v) is 6.60. The van der Waals surface area contributed by atoms with Crippen LogP contribution in [0.4, 0.5) is 13.6 Å². The Morgan fingerprint density at radius 2 is 2.22 bits per heavy atom. The number of carbonyl (C=O) groups excluding carboxylic acids is 1. The lowest BCUT2D eigenvalue weighted by Gasteiger charge is -2.54. The summed E-state index contributed by atoms with van der Waals surface area (Å²) in [4.78, 5) is 15.7. The zero-order valence-corrected chi connectivity index (χ0v) is 13.0. The van der Waals surface area contributed by atoms with Crippen molar-refractivity contribution in [2.24, 2.45) is 5.41 Å². The normalized spacial score (nSPS) is 20.5. The first kappa shape index (κ1) is 16.0. The third-order valence-electron chi connectivity index (χ3n) is 4.92. The van der Waals surface area contributed by atoms with Crippen LogP contribution in [0.2, 0.25) is 0 Å². The molecule has 2 aliphatic rings. The maximum atomic E-state index is 12.2. The first-order valence-corrected chi connectivity index (χ1v) is 7.94. The van der Waals surface area contributed by atoms with E-state index < -0.39 is 6.61 Å². The lowest BCUT2D eigenvalue weighted by molar-refractivity contribution is -0.0529. The van der Waals surface area contributed by atoms with Crippen LogP contribution in [0.1, 0.15) is 53.5 Å². The molecule has 0 aliphatic heterocycles. The predicted octanol–water partition coefficient (Wildman–Crippen LogP) is 3.87. The van der Waals surface area contributed by atoms with Crippen LogP contribution in [-0.2, 0) is 0 Å². The second-order valence-electron chi connectivity index (χ2n) is 6.60. The number of hydrogen-bond donors (Lipinski definition) is 2. The van der Waals surface area contributed by atoms with Crippen molar-refractivity contribution in [1.82, 2.24) is 15.6 Å². The van der Waals surface area contributed by atoms with E-state index in [1.54, 1.807) is 13.0 Å². The minimum atomic E-state index is -2.92. The van der Waals surface area contributed by atoms with Crippen LogP contribution in [0.15, 0.2) is 18.3 Å². The fourth-order valence-corrected chi connectivity index (χ4v) is 3.53. The van der Waals surface area contributed by atoms with E-state index >= 15 is 0 Å². The highest BCUT2D eigenvalue weighted by Crippen LogP contribution is 2.55. The number of hydrogen-bond acceptors (Lipinski definition) is 3. The monoisotopic (exact) mass is 329 g/mol. The largest absolute Gasteiger partial charge is 0.417 e. The Kier molecular flexibility index (Phi) is 4.37. The van der Waals surface area contributed by atoms with Gasteiger partial charge in [-0.05, 0) is 49.7 Å². The average molecular weight is 329 g/mol. The van der Waals surface area contributed by atoms with Crippen molar-refractivity contribution in [3.8, 4) is 5.88 Å². The number of aromatic nitrogens is 1. The van der Waals surface area contributed by atoms with Gasteiger partial charge >= 0.3 is 12.6 Å². The van der Waals surface area contributed by atoms with Gasteiger partial charge in [-0.2, -0.15) is 8.78 Å². The number of nitrogens with zero attached hydrogens (tertiary/aromatic N) is 1. The van der Waals surface area contributed by atoms with Crippen LogP contribution < -0.4 is 15.4 Å². The number of nitrogens with one attached hydrogen (secondary N) is 2. The van der Waals surface area contributed by atoms with E-state index in [1.807, 2.05) is 0 Å². The molecule has 0 unspecified atom stereocenters. The molecule has 0 saturated heterocycles. The molecule has 0 aromatic carbocycles. The summed E-state index contributed by atoms with van der Waals surface area (Å²) in [6.45, 7) is -1.13. The van der Waals surface area contributed by atoms with Crippen molar-refractivity contribution >= 4 is 6.03 Å². The first-order valence-electron chi connectivity index (χ1n) is 7.94. The maximum Gasteiger partial charge on any atom is 0.388 e. The molecule has 0 radical (unpaired) electrons. The lowest BCUT2D eigenvalue weighted by Crippen LogP contribution is -2.55. The van der Waals surface area contributed by atoms with Crippen LogP contribution in [0.5, 0.6) is 5.88 Å². The number of halogens is 2. The summed E-state index contributed by atoms with van der Waals surface area (Å²) in [5.41, 5.74) is 1.17. The highest BCUT2D eigenvalue weighted by atomic mass is 19.3. The topological polar surface area (TPSA) is 63.2 Å². The van der Waals surface area contributed by atoms with E-state index in [-0.39, 0.29) is 26.8 Å². The SMILES string of the molecule is C[C@H](NC(=O)NC1CC2(CCC2)C1)c1ccnc(OC(F)F)c1.[HH].[HH]. The van der Waals surface area contributed by atoms with Crippen molar-refractivity contribution in [1.29, 1.82) is 0 Å². The van der Waals surface area contributed by atoms with Crippen LogP contribution >= 0.6 is 0 Å². The molecule has 7 heteroatoms. The molecular formula is C16H25F2N3O2. The van der Waals surface area contributed by atoms with E-state index in [9.17, 15) is 13.6 Å². The Balaban J connectivity index is 0.00000156. The summed E-state index contributed by atoms with van der Waals surface area (Å²) in [5.74, 6) is -0.155. The van der Waals surface area contributed by atoms with Gasteiger partial charge in [0.25, 0.3) is 0 Å². The molecule has 2 saturated carbocycles. The molecule has 2 fully saturated rings. The average Bonchev–Trinajstić information content (AvgIpc) is 2.39. The van der Waals surface area contributed by atoms with E-state index in [0.29, 0.717) is 11.0 Å². The number of ether oxygens (including phenoxy) is 1. The molecule has 3 rings (SSSR count). The smallest absolute Gasteiger partial charge is 0.388 e. The Bertz CT molecular complexity index is 580. The molecule has 5 nitrogen and oxygen atoms in total. The maximum absolute atomic E-state index is 12.2. The number of alkyl halides is 2. The standard InChI is InChI=1S/C16H21F2N3O2.2H2/c1-10(11-3-6-19-13(7-11)23-14(17)18)20-15(22)21-12-8-16(9-12)4-2-5-16;;/h3,6-7,10,12,14H,2,4-5,8-9H2,1H3,(H2,20,21,22);2*1H/t10-;;/m0../s1. The minimum absolute atomic E-state index is 0. The predicted molar refractivity (Wildman–Crippen MR) is 84.5 cm³/mol. The summed E-state index contributed by atoms with van der Waals surface area (Å²) >= 11 is 0. The molecule has 130 valence electrons. The summed E-state index contributed by atoms with van der Waals surface area (Å²) in [5, 5.41) is 5.79. The molecule has 1 atom stereocenters. The molecule has 1 aromatic rings. The van der Waals surface area contributed by atoms with Crippen molar-refractivity contribution in [2.45, 2.75) is 57.7 Å². The van der Waals surface area contributed by atoms with Gasteiger partial charge in [-0.1, -0.05) is 6.42 Å². The molecule has 23 heavy (non-hydrogen) atoms. The molecule has 2 aliphatic carbocycles. The van der Waals surface area contributed by atoms with Gasteiger partial charge < -0.3 is 15.4 Å². The van der Waals surface area contributed by atoms with Gasteiger partial charge in [-0.3, -0.25) is 0 Å². The van der Waals surface area contributed by atoms with Crippen molar-refractivity contribution < 1.29 is 21.2 Å². The molecule has 2 amide bonds. The Morgan fingerprint density at radius 3 is 2.83 bits per heavy atom. The van der Waals surface area contributed by atoms with Gasteiger partial charge in [0.15, 0.2) is 0 Å². The third-order valence-corrected chi connectivity index (χ3v) is 4.92. The Labute approximate surface area is 136 Å². The zero-order valence-electron chi connectivity index (χ0n) is 13.0. The van der Waals surface area contributed by atoms with Crippen molar-refractivity contribution in [3.63, 3.8) is 0 Å². The summed E-state index contributed by atoms with van der Waals surface area (Å²) in [7, 11) is 0. The van der Waals surface area contributed by atoms with Gasteiger partial charge in [-0.15, -0.1) is 0 Å². The van der Waals surface area contributed by atoms with Gasteiger partial charge in [0.2, 0.25) is 5.88 Å². The molecular weight excluding hydrogens is 304 g/mol. The number of carbonyl (C=O) groups is 1. The summed E-state index contributed by atoms with van der Waals surface area (Å²) in [6, 6.07) is 2.76. The minimum Gasteiger partial charge on any atom is -0.417 e. The fraction of sp³-hybridized carbons (Fsp3) is 0.625. The zero-order chi connectivity index (χ0) is 16.4. The van der Waals surface area contributed by atoms with Gasteiger partial charge in [0.1, 0.15) is 0 Å². The van der Waals surface area contributed by atoms with Gasteiger partial charge in [0.05, 0.1) is 6.04 Å². The second kappa shape index (κ2) is 6.29. The van der Waals surface area contributed by atoms with E-state index in [4.69, 9.17) is 0 Å². The Morgan fingerprint density at radius 1 is 1.48 bits per heavy atom. The molecule has 0 bridgehead atoms. The van der Waals surface area contributed by atoms with Crippen molar-refractivity contribution in [3.05, 3.63) is 23.9 Å². The lowest BCUT2D eigenvalue weighted by atomic mass is 9.54. The van der Waals surface area contributed by atoms with Crippen LogP contribution in [0.25, 0.3) is 0 Å². The van der Waals surface area contributed by atoms with Crippen LogP contribution in [0, 0.1) is 5.41 Å². The molecule has 2 N–H and O–H groups in total. The third kappa shape index (κ3) is 3.71. The van der Waals surface area contributed by atoms with E-state index in [1.165, 1.54) is 31.5 Å². The summed E-state index contributed by atoms with van der Waals surface area (Å²) < 4.78 is 28.7. The van der Waals surface area contributed by atoms with Crippen molar-refractivity contribution in [2.75, 3.05) is 0 Å². The number of rotatable bonds is 5. The van der Waals surface area contributed by atoms with E-state index in [0.717, 1.165) is 12.8 Å². The highest BCUT2D eigenvalue weighted by Gasteiger charge is 2.48. The first-order chi connectivity index (χ1) is 11.0. The van der Waals surface area contributed by atoms with Crippen LogP contribution in [-0.4, -0.2) is 23.7 Å². The molecule has 1 aromatic heterocycles. The highest BCUT2D eigenvalue weighted by molar-refractivity contribution is 5.75. The fourth-order valence-electron chi connectivity index (χ4n) is 3.53. The molecule has 1 spiro atoms. The number of pyridine rings is 1. The van der Waals surface area contributed by atoms with E-state index in [2.05, 4.69) is 20.4 Å². The number of amides is 2. The van der Waals surface area contributed by atoms with Gasteiger partial charge in [-0.25, -0.2) is 9.78 Å². The van der Waals surface area contributed by atoms with Crippen LogP contribution in [0.3, 0.4) is 0 Å². The number of urea groups is 1. The summed E-state index contributed by atoms with van der Waals surface area (Å²) in [6.07, 6.45) is 7.39. The molecule has 1 heterocycles.